The molecule has 0 amide bonds. The number of carbonyl (C=O) groups excluding carboxylic acids is 1. The molecule has 0 spiro atoms. The first-order valence-electron chi connectivity index (χ1n) is 7.29. The topological polar surface area (TPSA) is 89.7 Å². The van der Waals surface area contributed by atoms with Crippen LogP contribution in [0.1, 0.15) is 28.8 Å². The Morgan fingerprint density at radius 1 is 1.36 bits per heavy atom. The minimum atomic E-state index is -3.53. The molecule has 0 aromatic heterocycles. The van der Waals surface area contributed by atoms with E-state index in [0.29, 0.717) is 36.7 Å². The van der Waals surface area contributed by atoms with Crippen molar-refractivity contribution < 1.29 is 17.9 Å². The Balaban J connectivity index is 2.25. The highest BCUT2D eigenvalue weighted by atomic mass is 32.2. The van der Waals surface area contributed by atoms with Gasteiger partial charge in [-0.05, 0) is 56.0 Å². The lowest BCUT2D eigenvalue weighted by Gasteiger charge is -2.31. The number of carbonyl (C=O) groups is 1. The molecule has 0 atom stereocenters. The molecule has 7 heteroatoms. The summed E-state index contributed by atoms with van der Waals surface area (Å²) in [7, 11) is -2.24. The highest BCUT2D eigenvalue weighted by Crippen LogP contribution is 2.26. The number of sulfonamides is 1. The maximum absolute atomic E-state index is 12.7. The minimum absolute atomic E-state index is 0.242. The lowest BCUT2D eigenvalue weighted by atomic mass is 9.99. The van der Waals surface area contributed by atoms with Crippen LogP contribution in [0.5, 0.6) is 0 Å². The second kappa shape index (κ2) is 6.76. The lowest BCUT2D eigenvalue weighted by molar-refractivity contribution is 0.0600. The lowest BCUT2D eigenvalue weighted by Crippen LogP contribution is -2.40. The normalized spacial score (nSPS) is 17.4. The summed E-state index contributed by atoms with van der Waals surface area (Å²) in [5.41, 5.74) is 6.53. The fourth-order valence-corrected chi connectivity index (χ4v) is 4.38. The second-order valence-corrected chi connectivity index (χ2v) is 7.46. The summed E-state index contributed by atoms with van der Waals surface area (Å²) < 4.78 is 31.6. The zero-order valence-corrected chi connectivity index (χ0v) is 13.7. The molecule has 0 saturated carbocycles. The molecule has 1 aliphatic heterocycles. The Kier molecular flexibility index (Phi) is 5.20. The van der Waals surface area contributed by atoms with Crippen molar-refractivity contribution in [3.8, 4) is 0 Å². The number of methoxy groups -OCH3 is 1. The molecule has 1 fully saturated rings. The van der Waals surface area contributed by atoms with Gasteiger partial charge in [-0.3, -0.25) is 0 Å². The number of nitrogens with zero attached hydrogens (tertiary/aromatic N) is 1. The summed E-state index contributed by atoms with van der Waals surface area (Å²) >= 11 is 0. The van der Waals surface area contributed by atoms with Crippen molar-refractivity contribution >= 4 is 16.0 Å². The fourth-order valence-electron chi connectivity index (χ4n) is 2.71. The van der Waals surface area contributed by atoms with E-state index in [1.54, 1.807) is 13.0 Å². The van der Waals surface area contributed by atoms with Crippen molar-refractivity contribution in [2.24, 2.45) is 11.7 Å². The molecule has 0 unspecified atom stereocenters. The van der Waals surface area contributed by atoms with Crippen LogP contribution in [0.25, 0.3) is 0 Å². The van der Waals surface area contributed by atoms with Gasteiger partial charge in [0, 0.05) is 13.1 Å². The molecule has 1 aromatic carbocycles. The van der Waals surface area contributed by atoms with E-state index >= 15 is 0 Å². The van der Waals surface area contributed by atoms with Crippen molar-refractivity contribution in [1.82, 2.24) is 4.31 Å². The summed E-state index contributed by atoms with van der Waals surface area (Å²) in [5, 5.41) is 0. The van der Waals surface area contributed by atoms with Gasteiger partial charge in [-0.1, -0.05) is 0 Å². The van der Waals surface area contributed by atoms with Gasteiger partial charge < -0.3 is 10.5 Å². The van der Waals surface area contributed by atoms with Crippen molar-refractivity contribution in [3.05, 3.63) is 29.3 Å². The van der Waals surface area contributed by atoms with E-state index in [9.17, 15) is 13.2 Å². The van der Waals surface area contributed by atoms with Crippen molar-refractivity contribution in [3.63, 3.8) is 0 Å². The van der Waals surface area contributed by atoms with E-state index in [0.717, 1.165) is 12.8 Å². The highest BCUT2D eigenvalue weighted by molar-refractivity contribution is 7.89. The maximum Gasteiger partial charge on any atom is 0.337 e. The van der Waals surface area contributed by atoms with E-state index in [1.807, 2.05) is 0 Å². The van der Waals surface area contributed by atoms with Crippen LogP contribution >= 0.6 is 0 Å². The Hall–Kier alpha value is -1.44. The summed E-state index contributed by atoms with van der Waals surface area (Å²) in [4.78, 5) is 11.7. The van der Waals surface area contributed by atoms with Crippen LogP contribution in [0.15, 0.2) is 23.1 Å². The molecule has 1 aliphatic rings. The molecule has 122 valence electrons. The van der Waals surface area contributed by atoms with Crippen molar-refractivity contribution in [2.75, 3.05) is 26.7 Å². The number of aryl methyl sites for hydroxylation is 1. The number of hydrogen-bond acceptors (Lipinski definition) is 5. The SMILES string of the molecule is COC(=O)c1ccc(S(=O)(=O)N2CCC(CN)CC2)c(C)c1. The van der Waals surface area contributed by atoms with E-state index in [-0.39, 0.29) is 4.90 Å². The van der Waals surface area contributed by atoms with E-state index < -0.39 is 16.0 Å². The Morgan fingerprint density at radius 2 is 2.00 bits per heavy atom. The largest absolute Gasteiger partial charge is 0.465 e. The maximum atomic E-state index is 12.7. The van der Waals surface area contributed by atoms with Gasteiger partial charge in [0.15, 0.2) is 0 Å². The predicted molar refractivity (Wildman–Crippen MR) is 83.1 cm³/mol. The third-order valence-corrected chi connectivity index (χ3v) is 6.18. The third-order valence-electron chi connectivity index (χ3n) is 4.12. The molecule has 1 saturated heterocycles. The zero-order valence-electron chi connectivity index (χ0n) is 12.9. The first kappa shape index (κ1) is 16.9. The van der Waals surface area contributed by atoms with Gasteiger partial charge in [0.1, 0.15) is 0 Å². The number of rotatable bonds is 4. The average molecular weight is 326 g/mol. The molecular weight excluding hydrogens is 304 g/mol. The smallest absolute Gasteiger partial charge is 0.337 e. The summed E-state index contributed by atoms with van der Waals surface area (Å²) in [6.07, 6.45) is 1.57. The molecule has 2 rings (SSSR count). The van der Waals surface area contributed by atoms with E-state index in [2.05, 4.69) is 4.74 Å². The Labute approximate surface area is 131 Å². The monoisotopic (exact) mass is 326 g/mol. The summed E-state index contributed by atoms with van der Waals surface area (Å²) in [6.45, 7) is 3.26. The van der Waals surface area contributed by atoms with E-state index in [4.69, 9.17) is 5.73 Å². The van der Waals surface area contributed by atoms with Crippen LogP contribution in [0.4, 0.5) is 0 Å². The molecule has 0 bridgehead atoms. The second-order valence-electron chi connectivity index (χ2n) is 5.56. The van der Waals surface area contributed by atoms with Gasteiger partial charge in [-0.25, -0.2) is 13.2 Å². The highest BCUT2D eigenvalue weighted by Gasteiger charge is 2.30. The van der Waals surface area contributed by atoms with Gasteiger partial charge in [-0.15, -0.1) is 0 Å². The van der Waals surface area contributed by atoms with Crippen LogP contribution in [-0.4, -0.2) is 45.4 Å². The minimum Gasteiger partial charge on any atom is -0.465 e. The number of esters is 1. The fraction of sp³-hybridized carbons (Fsp3) is 0.533. The number of piperidine rings is 1. The molecule has 2 N–H and O–H groups in total. The van der Waals surface area contributed by atoms with Gasteiger partial charge in [0.25, 0.3) is 0 Å². The molecule has 1 heterocycles. The number of hydrogen-bond donors (Lipinski definition) is 1. The van der Waals surface area contributed by atoms with Crippen LogP contribution in [0.3, 0.4) is 0 Å². The number of nitrogens with two attached hydrogens (primary N) is 1. The van der Waals surface area contributed by atoms with Crippen LogP contribution < -0.4 is 5.73 Å². The number of ether oxygens (including phenoxy) is 1. The van der Waals surface area contributed by atoms with Gasteiger partial charge in [0.2, 0.25) is 10.0 Å². The van der Waals surface area contributed by atoms with Crippen molar-refractivity contribution in [1.29, 1.82) is 0 Å². The molecule has 0 aliphatic carbocycles. The standard InChI is InChI=1S/C15H22N2O4S/c1-11-9-13(15(18)21-2)3-4-14(11)22(19,20)17-7-5-12(10-16)6-8-17/h3-4,9,12H,5-8,10,16H2,1-2H3. The molecule has 1 aromatic rings. The van der Waals surface area contributed by atoms with E-state index in [1.165, 1.54) is 23.5 Å². The first-order chi connectivity index (χ1) is 10.4. The van der Waals surface area contributed by atoms with Crippen LogP contribution in [-0.2, 0) is 14.8 Å². The Bertz CT molecular complexity index is 650. The third kappa shape index (κ3) is 3.31. The van der Waals surface area contributed by atoms with Crippen molar-refractivity contribution in [2.45, 2.75) is 24.7 Å². The van der Waals surface area contributed by atoms with Gasteiger partial charge in [0.05, 0.1) is 17.6 Å². The van der Waals surface area contributed by atoms with Crippen LogP contribution in [0.2, 0.25) is 0 Å². The summed E-state index contributed by atoms with van der Waals surface area (Å²) in [5.74, 6) is -0.0787. The summed E-state index contributed by atoms with van der Waals surface area (Å²) in [6, 6.07) is 4.51. The number of benzene rings is 1. The predicted octanol–water partition coefficient (Wildman–Crippen LogP) is 1.14. The van der Waals surface area contributed by atoms with Gasteiger partial charge in [-0.2, -0.15) is 4.31 Å². The molecule has 6 nitrogen and oxygen atoms in total. The molecule has 22 heavy (non-hydrogen) atoms. The average Bonchev–Trinajstić information content (AvgIpc) is 2.53. The van der Waals surface area contributed by atoms with Gasteiger partial charge >= 0.3 is 5.97 Å². The molecule has 0 radical (unpaired) electrons. The Morgan fingerprint density at radius 3 is 2.50 bits per heavy atom. The quantitative estimate of drug-likeness (QED) is 0.838. The molecular formula is C15H22N2O4S. The first-order valence-corrected chi connectivity index (χ1v) is 8.73. The van der Waals surface area contributed by atoms with Crippen LogP contribution in [0, 0.1) is 12.8 Å². The zero-order chi connectivity index (χ0) is 16.3.